The molecule has 0 aliphatic heterocycles. The van der Waals surface area contributed by atoms with E-state index in [1.165, 1.54) is 12.1 Å². The minimum absolute atomic E-state index is 0.207. The summed E-state index contributed by atoms with van der Waals surface area (Å²) >= 11 is 7.38. The Labute approximate surface area is 88.1 Å². The van der Waals surface area contributed by atoms with Gasteiger partial charge in [0, 0.05) is 8.59 Å². The van der Waals surface area contributed by atoms with Crippen molar-refractivity contribution in [1.82, 2.24) is 0 Å². The minimum atomic E-state index is -4.64. The summed E-state index contributed by atoms with van der Waals surface area (Å²) in [5.74, 6) is 0. The highest BCUT2D eigenvalue weighted by atomic mass is 127. The Bertz CT molecular complexity index is 384. The van der Waals surface area contributed by atoms with Crippen LogP contribution < -0.4 is 0 Å². The molecule has 12 heavy (non-hydrogen) atoms. The van der Waals surface area contributed by atoms with Crippen molar-refractivity contribution in [3.05, 3.63) is 26.8 Å². The third-order valence-corrected chi connectivity index (χ3v) is 2.76. The lowest BCUT2D eigenvalue weighted by Gasteiger charge is -1.96. The van der Waals surface area contributed by atoms with Crippen LogP contribution in [0.3, 0.4) is 0 Å². The van der Waals surface area contributed by atoms with Gasteiger partial charge in [-0.15, -0.1) is 3.89 Å². The Morgan fingerprint density at radius 2 is 1.92 bits per heavy atom. The van der Waals surface area contributed by atoms with Crippen molar-refractivity contribution < 1.29 is 12.3 Å². The van der Waals surface area contributed by atoms with Crippen LogP contribution in [-0.4, -0.2) is 8.42 Å². The molecular formula is C6H3ClFIO2S. The fraction of sp³-hybridized carbons (Fsp3) is 0. The zero-order chi connectivity index (χ0) is 9.35. The SMILES string of the molecule is O=S(=O)(F)c1cc(Cl)cc(I)c1. The minimum Gasteiger partial charge on any atom is -0.189 e. The highest BCUT2D eigenvalue weighted by Crippen LogP contribution is 2.21. The third-order valence-electron chi connectivity index (χ3n) is 1.12. The summed E-state index contributed by atoms with van der Waals surface area (Å²) in [5, 5.41) is 0.207. The summed E-state index contributed by atoms with van der Waals surface area (Å²) < 4.78 is 33.8. The average molecular weight is 321 g/mol. The normalized spacial score (nSPS) is 11.6. The van der Waals surface area contributed by atoms with Gasteiger partial charge in [0.15, 0.2) is 0 Å². The molecule has 0 heterocycles. The Hall–Kier alpha value is 0.120. The van der Waals surface area contributed by atoms with E-state index in [1.54, 1.807) is 0 Å². The van der Waals surface area contributed by atoms with Crippen LogP contribution >= 0.6 is 34.2 Å². The van der Waals surface area contributed by atoms with Crippen LogP contribution in [0, 0.1) is 3.57 Å². The zero-order valence-electron chi connectivity index (χ0n) is 5.59. The van der Waals surface area contributed by atoms with Crippen molar-refractivity contribution in [3.63, 3.8) is 0 Å². The van der Waals surface area contributed by atoms with E-state index in [4.69, 9.17) is 11.6 Å². The number of hydrogen-bond donors (Lipinski definition) is 0. The summed E-state index contributed by atoms with van der Waals surface area (Å²) in [6.07, 6.45) is 0. The molecule has 0 aliphatic rings. The molecule has 0 saturated heterocycles. The number of rotatable bonds is 1. The van der Waals surface area contributed by atoms with Crippen molar-refractivity contribution in [3.8, 4) is 0 Å². The molecule has 0 fully saturated rings. The largest absolute Gasteiger partial charge is 0.332 e. The number of hydrogen-bond acceptors (Lipinski definition) is 2. The summed E-state index contributed by atoms with van der Waals surface area (Å²) in [6, 6.07) is 3.82. The molecule has 6 heteroatoms. The van der Waals surface area contributed by atoms with Crippen LogP contribution in [0.5, 0.6) is 0 Å². The van der Waals surface area contributed by atoms with Gasteiger partial charge in [0.1, 0.15) is 4.90 Å². The van der Waals surface area contributed by atoms with E-state index in [-0.39, 0.29) is 5.02 Å². The molecule has 0 amide bonds. The first-order chi connectivity index (χ1) is 5.39. The number of halogens is 3. The van der Waals surface area contributed by atoms with Gasteiger partial charge in [0.2, 0.25) is 0 Å². The van der Waals surface area contributed by atoms with E-state index in [0.29, 0.717) is 3.57 Å². The maximum atomic E-state index is 12.4. The fourth-order valence-corrected chi connectivity index (χ4v) is 2.57. The Kier molecular flexibility index (Phi) is 2.95. The molecule has 66 valence electrons. The molecule has 0 unspecified atom stereocenters. The summed E-state index contributed by atoms with van der Waals surface area (Å²) in [5.41, 5.74) is 0. The first kappa shape index (κ1) is 10.2. The Balaban J connectivity index is 3.37. The standard InChI is InChI=1S/C6H3ClFIO2S/c7-4-1-5(9)3-6(2-4)12(8,10)11/h1-3H. The lowest BCUT2D eigenvalue weighted by atomic mass is 10.4. The molecule has 0 radical (unpaired) electrons. The van der Waals surface area contributed by atoms with Gasteiger partial charge in [-0.1, -0.05) is 11.6 Å². The van der Waals surface area contributed by atoms with Crippen molar-refractivity contribution in [2.75, 3.05) is 0 Å². The summed E-state index contributed by atoms with van der Waals surface area (Å²) in [7, 11) is -4.64. The molecule has 0 aromatic heterocycles. The maximum absolute atomic E-state index is 12.4. The topological polar surface area (TPSA) is 34.1 Å². The zero-order valence-corrected chi connectivity index (χ0v) is 9.32. The van der Waals surface area contributed by atoms with Gasteiger partial charge in [-0.05, 0) is 40.8 Å². The van der Waals surface area contributed by atoms with Crippen molar-refractivity contribution >= 4 is 44.4 Å². The predicted molar refractivity (Wildman–Crippen MR) is 52.5 cm³/mol. The second-order valence-electron chi connectivity index (χ2n) is 2.04. The van der Waals surface area contributed by atoms with Gasteiger partial charge in [0.05, 0.1) is 0 Å². The lowest BCUT2D eigenvalue weighted by Crippen LogP contribution is -1.92. The average Bonchev–Trinajstić information content (AvgIpc) is 1.82. The molecule has 0 bridgehead atoms. The van der Waals surface area contributed by atoms with Gasteiger partial charge >= 0.3 is 10.2 Å². The maximum Gasteiger partial charge on any atom is 0.332 e. The van der Waals surface area contributed by atoms with E-state index in [1.807, 2.05) is 22.6 Å². The molecule has 0 aliphatic carbocycles. The highest BCUT2D eigenvalue weighted by Gasteiger charge is 2.12. The Morgan fingerprint density at radius 1 is 1.33 bits per heavy atom. The van der Waals surface area contributed by atoms with Gasteiger partial charge in [-0.3, -0.25) is 0 Å². The quantitative estimate of drug-likeness (QED) is 0.589. The predicted octanol–water partition coefficient (Wildman–Crippen LogP) is 2.60. The second kappa shape index (κ2) is 3.47. The van der Waals surface area contributed by atoms with Crippen LogP contribution in [0.4, 0.5) is 3.89 Å². The number of benzene rings is 1. The smallest absolute Gasteiger partial charge is 0.189 e. The first-order valence-corrected chi connectivity index (χ1v) is 5.64. The van der Waals surface area contributed by atoms with Crippen LogP contribution in [0.1, 0.15) is 0 Å². The lowest BCUT2D eigenvalue weighted by molar-refractivity contribution is 0.552. The van der Waals surface area contributed by atoms with Gasteiger partial charge in [-0.2, -0.15) is 8.42 Å². The van der Waals surface area contributed by atoms with Crippen LogP contribution in [-0.2, 0) is 10.2 Å². The molecule has 0 spiro atoms. The molecule has 0 N–H and O–H groups in total. The molecular weight excluding hydrogens is 317 g/mol. The van der Waals surface area contributed by atoms with Crippen LogP contribution in [0.2, 0.25) is 5.02 Å². The van der Waals surface area contributed by atoms with Gasteiger partial charge < -0.3 is 0 Å². The fourth-order valence-electron chi connectivity index (χ4n) is 0.669. The molecule has 1 aromatic rings. The van der Waals surface area contributed by atoms with E-state index in [9.17, 15) is 12.3 Å². The molecule has 0 atom stereocenters. The highest BCUT2D eigenvalue weighted by molar-refractivity contribution is 14.1. The van der Waals surface area contributed by atoms with E-state index < -0.39 is 15.1 Å². The van der Waals surface area contributed by atoms with Crippen molar-refractivity contribution in [2.24, 2.45) is 0 Å². The Morgan fingerprint density at radius 3 is 2.33 bits per heavy atom. The molecule has 1 aromatic carbocycles. The van der Waals surface area contributed by atoms with E-state index >= 15 is 0 Å². The molecule has 0 saturated carbocycles. The van der Waals surface area contributed by atoms with Crippen LogP contribution in [0.25, 0.3) is 0 Å². The molecule has 2 nitrogen and oxygen atoms in total. The second-order valence-corrected chi connectivity index (χ2v) is 5.07. The third kappa shape index (κ3) is 2.56. The summed E-state index contributed by atoms with van der Waals surface area (Å²) in [4.78, 5) is -0.403. The molecule has 1 rings (SSSR count). The van der Waals surface area contributed by atoms with Crippen LogP contribution in [0.15, 0.2) is 23.1 Å². The van der Waals surface area contributed by atoms with E-state index in [2.05, 4.69) is 0 Å². The monoisotopic (exact) mass is 320 g/mol. The first-order valence-electron chi connectivity index (χ1n) is 2.80. The summed E-state index contributed by atoms with van der Waals surface area (Å²) in [6.45, 7) is 0. The van der Waals surface area contributed by atoms with Crippen molar-refractivity contribution in [1.29, 1.82) is 0 Å². The van der Waals surface area contributed by atoms with Crippen molar-refractivity contribution in [2.45, 2.75) is 4.90 Å². The van der Waals surface area contributed by atoms with Gasteiger partial charge in [-0.25, -0.2) is 0 Å². The van der Waals surface area contributed by atoms with Gasteiger partial charge in [0.25, 0.3) is 0 Å². The van der Waals surface area contributed by atoms with E-state index in [0.717, 1.165) is 6.07 Å².